The van der Waals surface area contributed by atoms with Crippen LogP contribution in [0.3, 0.4) is 0 Å². The molecule has 1 unspecified atom stereocenters. The van der Waals surface area contributed by atoms with E-state index in [1.165, 1.54) is 0 Å². The van der Waals surface area contributed by atoms with Gasteiger partial charge in [0, 0.05) is 11.5 Å². The zero-order chi connectivity index (χ0) is 17.9. The molecule has 0 aromatic carbocycles. The van der Waals surface area contributed by atoms with E-state index >= 15 is 0 Å². The zero-order valence-corrected chi connectivity index (χ0v) is 15.1. The van der Waals surface area contributed by atoms with Crippen molar-refractivity contribution in [3.05, 3.63) is 39.1 Å². The molecule has 9 heteroatoms. The third-order valence-electron chi connectivity index (χ3n) is 3.84. The average Bonchev–Trinajstić information content (AvgIpc) is 2.97. The van der Waals surface area contributed by atoms with Gasteiger partial charge in [-0.15, -0.1) is 0 Å². The smallest absolute Gasteiger partial charge is 0.345 e. The Morgan fingerprint density at radius 1 is 1.62 bits per heavy atom. The van der Waals surface area contributed by atoms with E-state index in [4.69, 9.17) is 16.3 Å². The van der Waals surface area contributed by atoms with Gasteiger partial charge in [0.05, 0.1) is 10.5 Å². The van der Waals surface area contributed by atoms with Crippen LogP contribution in [-0.4, -0.2) is 28.0 Å². The Morgan fingerprint density at radius 2 is 2.33 bits per heavy atom. The number of aromatic nitrogens is 1. The van der Waals surface area contributed by atoms with Crippen LogP contribution >= 0.6 is 22.9 Å². The fraction of sp³-hybridized carbons (Fsp3) is 0.467. The summed E-state index contributed by atoms with van der Waals surface area (Å²) in [5.41, 5.74) is 0.332. The van der Waals surface area contributed by atoms with E-state index in [0.29, 0.717) is 11.5 Å². The maximum absolute atomic E-state index is 12.0. The van der Waals surface area contributed by atoms with Gasteiger partial charge in [-0.3, -0.25) is 20.2 Å². The van der Waals surface area contributed by atoms with Crippen molar-refractivity contribution in [2.24, 2.45) is 5.92 Å². The molecule has 7 nitrogen and oxygen atoms in total. The van der Waals surface area contributed by atoms with Crippen molar-refractivity contribution >= 4 is 39.0 Å². The van der Waals surface area contributed by atoms with Gasteiger partial charge in [0.15, 0.2) is 5.13 Å². The summed E-state index contributed by atoms with van der Waals surface area (Å²) in [6, 6.07) is 0. The largest absolute Gasteiger partial charge is 0.360 e. The summed E-state index contributed by atoms with van der Waals surface area (Å²) in [7, 11) is 0. The molecule has 0 saturated carbocycles. The molecule has 0 spiro atoms. The number of ether oxygens (including phenoxy) is 1. The number of amides is 1. The van der Waals surface area contributed by atoms with Crippen LogP contribution in [0, 0.1) is 16.0 Å². The van der Waals surface area contributed by atoms with Gasteiger partial charge in [-0.1, -0.05) is 37.6 Å². The van der Waals surface area contributed by atoms with Gasteiger partial charge in [0.2, 0.25) is 0 Å². The van der Waals surface area contributed by atoms with E-state index in [0.717, 1.165) is 23.1 Å². The van der Waals surface area contributed by atoms with Crippen molar-refractivity contribution in [2.75, 3.05) is 11.9 Å². The summed E-state index contributed by atoms with van der Waals surface area (Å²) in [4.78, 5) is 25.9. The molecule has 1 heterocycles. The predicted octanol–water partition coefficient (Wildman–Crippen LogP) is 3.87. The minimum atomic E-state index is -0.650. The van der Waals surface area contributed by atoms with Gasteiger partial charge in [0.25, 0.3) is 5.91 Å². The quantitative estimate of drug-likeness (QED) is 0.605. The van der Waals surface area contributed by atoms with Crippen LogP contribution in [0.15, 0.2) is 29.0 Å². The molecule has 0 aliphatic heterocycles. The van der Waals surface area contributed by atoms with Gasteiger partial charge in [-0.05, 0) is 29.8 Å². The Hall–Kier alpha value is -1.77. The zero-order valence-electron chi connectivity index (χ0n) is 13.5. The number of anilines is 1. The van der Waals surface area contributed by atoms with Crippen LogP contribution in [0.1, 0.15) is 27.2 Å². The van der Waals surface area contributed by atoms with Crippen LogP contribution in [0.4, 0.5) is 10.1 Å². The van der Waals surface area contributed by atoms with Crippen molar-refractivity contribution in [1.82, 2.24) is 4.98 Å². The number of carbonyl (C=O) groups is 1. The van der Waals surface area contributed by atoms with Crippen molar-refractivity contribution in [2.45, 2.75) is 32.8 Å². The van der Waals surface area contributed by atoms with Gasteiger partial charge in [0.1, 0.15) is 12.8 Å². The van der Waals surface area contributed by atoms with E-state index in [2.05, 4.69) is 10.3 Å². The first-order valence-electron chi connectivity index (χ1n) is 7.32. The van der Waals surface area contributed by atoms with Gasteiger partial charge in [-0.25, -0.2) is 4.98 Å². The number of carbonyl (C=O) groups excluding carboxylic acids is 1. The molecule has 0 radical (unpaired) electrons. The second-order valence-corrected chi connectivity index (χ2v) is 7.27. The molecule has 130 valence electrons. The molecule has 1 aromatic rings. The third-order valence-corrected chi connectivity index (χ3v) is 5.14. The summed E-state index contributed by atoms with van der Waals surface area (Å²) in [5.74, 6) is -0.306. The highest BCUT2D eigenvalue weighted by atomic mass is 35.5. The highest BCUT2D eigenvalue weighted by Crippen LogP contribution is 2.37. The van der Waals surface area contributed by atoms with Gasteiger partial charge >= 0.3 is 5.00 Å². The number of halogens is 1. The summed E-state index contributed by atoms with van der Waals surface area (Å²) in [6.45, 7) is 5.72. The van der Waals surface area contributed by atoms with Crippen LogP contribution in [-0.2, 0) is 9.53 Å². The second-order valence-electron chi connectivity index (χ2n) is 5.81. The first-order chi connectivity index (χ1) is 11.2. The average molecular weight is 372 g/mol. The number of allylic oxidation sites excluding steroid dienone is 2. The molecule has 1 N–H and O–H groups in total. The monoisotopic (exact) mass is 371 g/mol. The second kappa shape index (κ2) is 7.42. The van der Waals surface area contributed by atoms with E-state index in [-0.39, 0.29) is 22.7 Å². The SMILES string of the molecule is CC1=C(Cl)CC(OCC(=O)Nc2ncc([N+](=O)[O-])s2)(C(C)C)C=C1. The molecule has 0 saturated heterocycles. The molecule has 1 amide bonds. The van der Waals surface area contributed by atoms with Crippen molar-refractivity contribution < 1.29 is 14.5 Å². The molecular weight excluding hydrogens is 354 g/mol. The lowest BCUT2D eigenvalue weighted by Gasteiger charge is -2.37. The lowest BCUT2D eigenvalue weighted by molar-refractivity contribution is -0.380. The Bertz CT molecular complexity index is 713. The van der Waals surface area contributed by atoms with Crippen molar-refractivity contribution in [1.29, 1.82) is 0 Å². The lowest BCUT2D eigenvalue weighted by Crippen LogP contribution is -2.40. The van der Waals surface area contributed by atoms with Crippen LogP contribution in [0.2, 0.25) is 0 Å². The maximum Gasteiger partial charge on any atom is 0.345 e. The molecule has 1 aliphatic rings. The number of nitrogens with one attached hydrogen (secondary N) is 1. The number of nitrogens with zero attached hydrogens (tertiary/aromatic N) is 2. The summed E-state index contributed by atoms with van der Waals surface area (Å²) in [5, 5.41) is 13.9. The van der Waals surface area contributed by atoms with Crippen LogP contribution in [0.5, 0.6) is 0 Å². The number of nitro groups is 1. The Morgan fingerprint density at radius 3 is 2.88 bits per heavy atom. The molecule has 2 rings (SSSR count). The predicted molar refractivity (Wildman–Crippen MR) is 93.2 cm³/mol. The summed E-state index contributed by atoms with van der Waals surface area (Å²) in [6.07, 6.45) is 5.44. The highest BCUT2D eigenvalue weighted by molar-refractivity contribution is 7.18. The fourth-order valence-corrected chi connectivity index (χ4v) is 3.14. The maximum atomic E-state index is 12.0. The first kappa shape index (κ1) is 18.6. The standard InChI is InChI=1S/C15H18ClN3O4S/c1-9(2)15(5-4-10(3)11(16)6-15)23-8-12(20)18-14-17-7-13(24-14)19(21)22/h4-5,7,9H,6,8H2,1-3H3,(H,17,18,20). The molecular formula is C15H18ClN3O4S. The number of rotatable bonds is 6. The van der Waals surface area contributed by atoms with Gasteiger partial charge in [-0.2, -0.15) is 0 Å². The molecule has 0 fully saturated rings. The molecule has 24 heavy (non-hydrogen) atoms. The number of thiazole rings is 1. The molecule has 1 atom stereocenters. The van der Waals surface area contributed by atoms with Crippen molar-refractivity contribution in [3.63, 3.8) is 0 Å². The number of hydrogen-bond acceptors (Lipinski definition) is 6. The molecule has 1 aliphatic carbocycles. The fourth-order valence-electron chi connectivity index (χ4n) is 2.22. The Labute approximate surface area is 148 Å². The molecule has 0 bridgehead atoms. The van der Waals surface area contributed by atoms with E-state index < -0.39 is 16.4 Å². The minimum Gasteiger partial charge on any atom is -0.360 e. The normalized spacial score (nSPS) is 20.5. The van der Waals surface area contributed by atoms with Crippen LogP contribution in [0.25, 0.3) is 0 Å². The van der Waals surface area contributed by atoms with E-state index in [1.54, 1.807) is 0 Å². The Kier molecular flexibility index (Phi) is 5.74. The van der Waals surface area contributed by atoms with E-state index in [9.17, 15) is 14.9 Å². The van der Waals surface area contributed by atoms with E-state index in [1.807, 2.05) is 32.9 Å². The highest BCUT2D eigenvalue weighted by Gasteiger charge is 2.36. The molecule has 1 aromatic heterocycles. The van der Waals surface area contributed by atoms with Gasteiger partial charge < -0.3 is 4.74 Å². The first-order valence-corrected chi connectivity index (χ1v) is 8.51. The minimum absolute atomic E-state index is 0.115. The summed E-state index contributed by atoms with van der Waals surface area (Å²) < 4.78 is 5.86. The topological polar surface area (TPSA) is 94.4 Å². The summed E-state index contributed by atoms with van der Waals surface area (Å²) >= 11 is 7.05. The lowest BCUT2D eigenvalue weighted by atomic mass is 9.82. The van der Waals surface area contributed by atoms with Crippen LogP contribution < -0.4 is 5.32 Å². The Balaban J connectivity index is 1.98. The van der Waals surface area contributed by atoms with Crippen molar-refractivity contribution in [3.8, 4) is 0 Å². The third kappa shape index (κ3) is 4.19. The number of hydrogen-bond donors (Lipinski definition) is 1.